The monoisotopic (exact) mass is 731 g/mol. The van der Waals surface area contributed by atoms with Crippen LogP contribution in [0.3, 0.4) is 0 Å². The molecule has 288 valence electrons. The summed E-state index contributed by atoms with van der Waals surface area (Å²) in [5.74, 6) is -0.685. The number of ether oxygens (including phenoxy) is 3. The molecular weight excluding hydrogens is 669 g/mol. The van der Waals surface area contributed by atoms with E-state index in [9.17, 15) is 33.7 Å². The van der Waals surface area contributed by atoms with Crippen LogP contribution in [0.15, 0.2) is 21.9 Å². The van der Waals surface area contributed by atoms with Crippen molar-refractivity contribution >= 4 is 20.1 Å². The standard InChI is InChI=1S/C35H62N3O11P/c1-2-3-4-5-6-7-8-9-10-11-12-13-14-15-18-21-31(42)47-27-30(41)36-23-19-16-17-20-25-46-33-32(49-50(44)45)28(26-39)48-34(33)38-24-22-29(40)37-35(38)43/h22,24,28,32-34,39,50H,2-21,23,25-27H2,1H3,(H,36,41)(H,44,45)(H,37,40,43). The number of unbranched alkanes of at least 4 members (excludes halogenated alkanes) is 17. The second kappa shape index (κ2) is 27.3. The summed E-state index contributed by atoms with van der Waals surface area (Å²) in [6, 6.07) is 1.13. The lowest BCUT2D eigenvalue weighted by atomic mass is 10.0. The van der Waals surface area contributed by atoms with E-state index in [-0.39, 0.29) is 25.1 Å². The van der Waals surface area contributed by atoms with Crippen molar-refractivity contribution in [3.8, 4) is 0 Å². The third-order valence-electron chi connectivity index (χ3n) is 8.88. The summed E-state index contributed by atoms with van der Waals surface area (Å²) in [5.41, 5.74) is -1.36. The predicted molar refractivity (Wildman–Crippen MR) is 190 cm³/mol. The Balaban J connectivity index is 1.48. The van der Waals surface area contributed by atoms with Crippen LogP contribution in [0.25, 0.3) is 0 Å². The fourth-order valence-electron chi connectivity index (χ4n) is 6.08. The molecule has 0 bridgehead atoms. The molecule has 0 saturated carbocycles. The van der Waals surface area contributed by atoms with Gasteiger partial charge in [-0.3, -0.25) is 28.5 Å². The summed E-state index contributed by atoms with van der Waals surface area (Å²) in [6.07, 6.45) is 19.0. The van der Waals surface area contributed by atoms with Gasteiger partial charge in [0.2, 0.25) is 0 Å². The van der Waals surface area contributed by atoms with Gasteiger partial charge in [0.15, 0.2) is 12.8 Å². The average molecular weight is 732 g/mol. The fourth-order valence-corrected chi connectivity index (χ4v) is 6.60. The minimum atomic E-state index is -3.42. The average Bonchev–Trinajstić information content (AvgIpc) is 3.42. The molecule has 0 radical (unpaired) electrons. The zero-order valence-corrected chi connectivity index (χ0v) is 31.0. The molecule has 50 heavy (non-hydrogen) atoms. The van der Waals surface area contributed by atoms with Crippen molar-refractivity contribution in [3.05, 3.63) is 33.1 Å². The number of H-pyrrole nitrogens is 1. The third-order valence-corrected chi connectivity index (χ3v) is 9.35. The number of esters is 1. The van der Waals surface area contributed by atoms with Crippen LogP contribution in [-0.2, 0) is 32.9 Å². The van der Waals surface area contributed by atoms with Crippen LogP contribution in [-0.4, -0.2) is 76.1 Å². The lowest BCUT2D eigenvalue weighted by Crippen LogP contribution is -2.40. The van der Waals surface area contributed by atoms with E-state index in [1.165, 1.54) is 83.2 Å². The summed E-state index contributed by atoms with van der Waals surface area (Å²) in [4.78, 5) is 59.4. The van der Waals surface area contributed by atoms with E-state index in [1.807, 2.05) is 0 Å². The molecule has 0 aliphatic carbocycles. The molecule has 4 N–H and O–H groups in total. The number of carbonyl (C=O) groups excluding carboxylic acids is 2. The molecule has 1 saturated heterocycles. The maximum atomic E-state index is 12.3. The first-order valence-electron chi connectivity index (χ1n) is 18.8. The molecule has 0 aromatic carbocycles. The Morgan fingerprint density at radius 1 is 0.880 bits per heavy atom. The Morgan fingerprint density at radius 2 is 1.46 bits per heavy atom. The second-order valence-corrected chi connectivity index (χ2v) is 13.8. The van der Waals surface area contributed by atoms with E-state index in [1.54, 1.807) is 0 Å². The highest BCUT2D eigenvalue weighted by molar-refractivity contribution is 7.32. The zero-order chi connectivity index (χ0) is 36.4. The maximum Gasteiger partial charge on any atom is 0.330 e. The molecule has 14 nitrogen and oxygen atoms in total. The minimum Gasteiger partial charge on any atom is -0.456 e. The number of aliphatic hydroxyl groups is 1. The van der Waals surface area contributed by atoms with Crippen LogP contribution < -0.4 is 16.6 Å². The lowest BCUT2D eigenvalue weighted by molar-refractivity contribution is -0.148. The van der Waals surface area contributed by atoms with Crippen LogP contribution in [0, 0.1) is 0 Å². The minimum absolute atomic E-state index is 0.203. The predicted octanol–water partition coefficient (Wildman–Crippen LogP) is 5.06. The van der Waals surface area contributed by atoms with Gasteiger partial charge in [-0.15, -0.1) is 0 Å². The molecule has 0 spiro atoms. The Bertz CT molecular complexity index is 1210. The zero-order valence-electron chi connectivity index (χ0n) is 30.0. The van der Waals surface area contributed by atoms with Crippen molar-refractivity contribution in [2.75, 3.05) is 26.4 Å². The number of amides is 1. The van der Waals surface area contributed by atoms with E-state index in [2.05, 4.69) is 17.2 Å². The lowest BCUT2D eigenvalue weighted by Gasteiger charge is -2.24. The maximum absolute atomic E-state index is 12.3. The highest BCUT2D eigenvalue weighted by Crippen LogP contribution is 2.37. The summed E-state index contributed by atoms with van der Waals surface area (Å²) in [6.45, 7) is 2.06. The van der Waals surface area contributed by atoms with Gasteiger partial charge in [-0.1, -0.05) is 110 Å². The van der Waals surface area contributed by atoms with Crippen molar-refractivity contribution in [2.24, 2.45) is 0 Å². The van der Waals surface area contributed by atoms with Crippen molar-refractivity contribution < 1.29 is 42.9 Å². The van der Waals surface area contributed by atoms with Gasteiger partial charge in [0.25, 0.3) is 11.5 Å². The van der Waals surface area contributed by atoms with Crippen LogP contribution in [0.5, 0.6) is 0 Å². The molecule has 1 aromatic heterocycles. The van der Waals surface area contributed by atoms with Crippen LogP contribution in [0.2, 0.25) is 0 Å². The van der Waals surface area contributed by atoms with Crippen molar-refractivity contribution in [1.29, 1.82) is 0 Å². The quantitative estimate of drug-likeness (QED) is 0.0469. The SMILES string of the molecule is CCCCCCCCCCCCCCCCCC(=O)OCC(=O)NCCCCCCOC1C(O[PH](=O)O)C(CO)OC1n1ccc(=O)[nH]c1=O. The van der Waals surface area contributed by atoms with Crippen molar-refractivity contribution in [3.63, 3.8) is 0 Å². The molecule has 5 atom stereocenters. The van der Waals surface area contributed by atoms with Crippen molar-refractivity contribution in [1.82, 2.24) is 14.9 Å². The Kier molecular flexibility index (Phi) is 23.9. The molecule has 15 heteroatoms. The first-order chi connectivity index (χ1) is 24.3. The number of hydrogen-bond donors (Lipinski definition) is 4. The molecule has 1 fully saturated rings. The van der Waals surface area contributed by atoms with Crippen molar-refractivity contribution in [2.45, 2.75) is 160 Å². The van der Waals surface area contributed by atoms with Gasteiger partial charge in [0, 0.05) is 31.8 Å². The summed E-state index contributed by atoms with van der Waals surface area (Å²) in [7, 11) is -3.42. The number of nitrogens with one attached hydrogen (secondary N) is 2. The second-order valence-electron chi connectivity index (χ2n) is 13.1. The number of hydrogen-bond acceptors (Lipinski definition) is 10. The summed E-state index contributed by atoms with van der Waals surface area (Å²) < 4.78 is 34.4. The number of aliphatic hydroxyl groups excluding tert-OH is 1. The number of carbonyl (C=O) groups is 2. The molecule has 5 unspecified atom stereocenters. The Labute approximate surface area is 297 Å². The molecular formula is C35H62N3O11P. The Morgan fingerprint density at radius 3 is 2.04 bits per heavy atom. The molecule has 2 heterocycles. The third kappa shape index (κ3) is 18.8. The van der Waals surface area contributed by atoms with E-state index in [0.29, 0.717) is 25.8 Å². The molecule has 1 aromatic rings. The van der Waals surface area contributed by atoms with Gasteiger partial charge in [-0.2, -0.15) is 0 Å². The van der Waals surface area contributed by atoms with Gasteiger partial charge in [-0.25, -0.2) is 4.79 Å². The van der Waals surface area contributed by atoms with Crippen LogP contribution in [0.4, 0.5) is 0 Å². The first kappa shape index (κ1) is 43.8. The Hall–Kier alpha value is -2.35. The summed E-state index contributed by atoms with van der Waals surface area (Å²) >= 11 is 0. The van der Waals surface area contributed by atoms with Gasteiger partial charge >= 0.3 is 19.9 Å². The molecule has 1 aliphatic heterocycles. The topological polar surface area (TPSA) is 195 Å². The molecule has 1 amide bonds. The number of rotatable bonds is 30. The normalized spacial score (nSPS) is 19.4. The first-order valence-corrected chi connectivity index (χ1v) is 20.0. The summed E-state index contributed by atoms with van der Waals surface area (Å²) in [5, 5.41) is 12.5. The fraction of sp³-hybridized carbons (Fsp3) is 0.829. The van der Waals surface area contributed by atoms with Gasteiger partial charge < -0.3 is 34.1 Å². The van der Waals surface area contributed by atoms with E-state index < -0.39 is 50.7 Å². The highest BCUT2D eigenvalue weighted by atomic mass is 31.1. The van der Waals surface area contributed by atoms with Crippen LogP contribution in [0.1, 0.15) is 142 Å². The van der Waals surface area contributed by atoms with E-state index in [4.69, 9.17) is 18.7 Å². The van der Waals surface area contributed by atoms with Gasteiger partial charge in [-0.05, 0) is 19.3 Å². The highest BCUT2D eigenvalue weighted by Gasteiger charge is 2.48. The van der Waals surface area contributed by atoms with Crippen LogP contribution >= 0.6 is 8.25 Å². The van der Waals surface area contributed by atoms with E-state index >= 15 is 0 Å². The number of aromatic nitrogens is 2. The van der Waals surface area contributed by atoms with Gasteiger partial charge in [0.05, 0.1) is 6.61 Å². The van der Waals surface area contributed by atoms with Gasteiger partial charge in [0.1, 0.15) is 18.3 Å². The molecule has 1 aliphatic rings. The number of aromatic amines is 1. The smallest absolute Gasteiger partial charge is 0.330 e. The molecule has 2 rings (SSSR count). The largest absolute Gasteiger partial charge is 0.456 e. The number of nitrogens with zero attached hydrogens (tertiary/aromatic N) is 1. The van der Waals surface area contributed by atoms with E-state index in [0.717, 1.165) is 42.7 Å².